The van der Waals surface area contributed by atoms with Crippen molar-refractivity contribution in [3.8, 4) is 0 Å². The molecule has 0 aromatic rings. The van der Waals surface area contributed by atoms with Gasteiger partial charge in [0.25, 0.3) is 0 Å². The minimum Gasteiger partial charge on any atom is -0.469 e. The van der Waals surface area contributed by atoms with Crippen molar-refractivity contribution in [1.29, 1.82) is 0 Å². The van der Waals surface area contributed by atoms with E-state index in [1.165, 1.54) is 71.3 Å². The van der Waals surface area contributed by atoms with E-state index in [4.69, 9.17) is 10.5 Å². The van der Waals surface area contributed by atoms with Crippen molar-refractivity contribution in [2.24, 2.45) is 52.1 Å². The van der Waals surface area contributed by atoms with Crippen molar-refractivity contribution in [2.45, 2.75) is 123 Å². The number of aliphatic hydroxyl groups is 1. The Morgan fingerprint density at radius 3 is 2.29 bits per heavy atom. The van der Waals surface area contributed by atoms with Gasteiger partial charge in [-0.3, -0.25) is 4.79 Å². The van der Waals surface area contributed by atoms with Gasteiger partial charge in [0.15, 0.2) is 0 Å². The number of rotatable bonds is 17. The van der Waals surface area contributed by atoms with E-state index in [1.807, 2.05) is 0 Å². The lowest BCUT2D eigenvalue weighted by atomic mass is 9.43. The molecular formula is C35H66N4O3. The summed E-state index contributed by atoms with van der Waals surface area (Å²) in [5.74, 6) is 3.49. The average Bonchev–Trinajstić information content (AvgIpc) is 3.34. The summed E-state index contributed by atoms with van der Waals surface area (Å²) in [5, 5.41) is 22.7. The molecule has 6 N–H and O–H groups in total. The first-order valence-electron chi connectivity index (χ1n) is 17.8. The number of hydrogen-bond donors (Lipinski definition) is 5. The Morgan fingerprint density at radius 1 is 0.905 bits per heavy atom. The maximum Gasteiger partial charge on any atom is 0.305 e. The van der Waals surface area contributed by atoms with Crippen LogP contribution in [0.4, 0.5) is 0 Å². The van der Waals surface area contributed by atoms with Crippen LogP contribution in [0, 0.1) is 46.3 Å². The van der Waals surface area contributed by atoms with Gasteiger partial charge in [-0.15, -0.1) is 0 Å². The van der Waals surface area contributed by atoms with Crippen molar-refractivity contribution >= 4 is 5.97 Å². The number of nitrogens with two attached hydrogens (primary N) is 1. The van der Waals surface area contributed by atoms with Gasteiger partial charge in [0.2, 0.25) is 0 Å². The third kappa shape index (κ3) is 7.91. The Labute approximate surface area is 257 Å². The first kappa shape index (κ1) is 34.1. The van der Waals surface area contributed by atoms with E-state index in [-0.39, 0.29) is 12.1 Å². The molecule has 0 heterocycles. The summed E-state index contributed by atoms with van der Waals surface area (Å²) < 4.78 is 4.93. The molecule has 10 atom stereocenters. The predicted octanol–water partition coefficient (Wildman–Crippen LogP) is 4.86. The SMILES string of the molecule is COC(=O)CCC(C)[C@H]1CCC2C3C(O)C[C@H]4C[C@H](NCCCNCCCCNCCCN)CC[C@]4(C)C3CC[C@@]21C. The molecule has 0 aliphatic heterocycles. The van der Waals surface area contributed by atoms with Crippen LogP contribution in [-0.2, 0) is 9.53 Å². The van der Waals surface area contributed by atoms with E-state index in [0.29, 0.717) is 58.8 Å². The number of esters is 1. The molecule has 7 heteroatoms. The fraction of sp³-hybridized carbons (Fsp3) is 0.971. The molecule has 0 aromatic heterocycles. The fourth-order valence-electron chi connectivity index (χ4n) is 10.5. The standard InChI is InChI=1S/C35H66N4O3/c1-25(9-12-32(41)42-4)28-10-11-29-33-30(14-16-35(28,29)3)34(2)15-13-27(23-26(34)24-31(33)40)39-22-8-21-38-19-6-5-18-37-20-7-17-36/h25-31,33,37-40H,5-24,36H2,1-4H3/t25?,26-,27-,28-,29?,30?,31?,33?,34+,35-/m1/s1. The zero-order valence-corrected chi connectivity index (χ0v) is 27.6. The Hall–Kier alpha value is -0.730. The number of methoxy groups -OCH3 is 1. The number of aliphatic hydroxyl groups excluding tert-OH is 1. The van der Waals surface area contributed by atoms with Crippen LogP contribution in [-0.4, -0.2) is 69.6 Å². The van der Waals surface area contributed by atoms with Gasteiger partial charge in [0.05, 0.1) is 13.2 Å². The molecular weight excluding hydrogens is 524 g/mol. The third-order valence-corrected chi connectivity index (χ3v) is 13.0. The number of carbonyl (C=O) groups is 1. The van der Waals surface area contributed by atoms with Crippen LogP contribution in [0.1, 0.15) is 111 Å². The van der Waals surface area contributed by atoms with Gasteiger partial charge in [0, 0.05) is 12.5 Å². The van der Waals surface area contributed by atoms with Crippen molar-refractivity contribution in [1.82, 2.24) is 16.0 Å². The number of unbranched alkanes of at least 4 members (excludes halogenated alkanes) is 1. The van der Waals surface area contributed by atoms with E-state index >= 15 is 0 Å². The monoisotopic (exact) mass is 591 g/mol. The molecule has 4 saturated carbocycles. The summed E-state index contributed by atoms with van der Waals surface area (Å²) >= 11 is 0. The Kier molecular flexibility index (Phi) is 13.0. The maximum atomic E-state index is 11.8. The minimum absolute atomic E-state index is 0.0810. The molecule has 4 aliphatic rings. The van der Waals surface area contributed by atoms with Gasteiger partial charge >= 0.3 is 5.97 Å². The molecule has 0 spiro atoms. The van der Waals surface area contributed by atoms with Crippen molar-refractivity contribution < 1.29 is 14.6 Å². The Balaban J connectivity index is 1.20. The van der Waals surface area contributed by atoms with Crippen LogP contribution < -0.4 is 21.7 Å². The second kappa shape index (κ2) is 16.0. The van der Waals surface area contributed by atoms with E-state index in [2.05, 4.69) is 36.7 Å². The van der Waals surface area contributed by atoms with E-state index in [0.717, 1.165) is 58.5 Å². The minimum atomic E-state index is -0.152. The largest absolute Gasteiger partial charge is 0.469 e. The summed E-state index contributed by atoms with van der Waals surface area (Å²) in [6.07, 6.45) is 15.9. The molecule has 244 valence electrons. The molecule has 42 heavy (non-hydrogen) atoms. The first-order valence-corrected chi connectivity index (χ1v) is 17.8. The van der Waals surface area contributed by atoms with E-state index in [9.17, 15) is 9.90 Å². The summed E-state index contributed by atoms with van der Waals surface area (Å²) in [5.41, 5.74) is 6.21. The summed E-state index contributed by atoms with van der Waals surface area (Å²) in [7, 11) is 1.50. The van der Waals surface area contributed by atoms with Crippen LogP contribution in [0.3, 0.4) is 0 Å². The van der Waals surface area contributed by atoms with Crippen molar-refractivity contribution in [2.75, 3.05) is 46.4 Å². The molecule has 4 rings (SSSR count). The van der Waals surface area contributed by atoms with E-state index in [1.54, 1.807) is 0 Å². The van der Waals surface area contributed by atoms with Crippen molar-refractivity contribution in [3.63, 3.8) is 0 Å². The lowest BCUT2D eigenvalue weighted by Gasteiger charge is -2.62. The highest BCUT2D eigenvalue weighted by Crippen LogP contribution is 2.68. The molecule has 0 saturated heterocycles. The summed E-state index contributed by atoms with van der Waals surface area (Å²) in [6.45, 7) is 13.7. The molecule has 7 nitrogen and oxygen atoms in total. The topological polar surface area (TPSA) is 109 Å². The first-order chi connectivity index (χ1) is 20.2. The summed E-state index contributed by atoms with van der Waals surface area (Å²) in [6, 6.07) is 0.604. The molecule has 4 fully saturated rings. The number of nitrogens with one attached hydrogen (secondary N) is 3. The average molecular weight is 591 g/mol. The third-order valence-electron chi connectivity index (χ3n) is 13.0. The lowest BCUT2D eigenvalue weighted by molar-refractivity contribution is -0.167. The van der Waals surface area contributed by atoms with Gasteiger partial charge in [-0.2, -0.15) is 0 Å². The van der Waals surface area contributed by atoms with E-state index < -0.39 is 0 Å². The van der Waals surface area contributed by atoms with Crippen LogP contribution in [0.2, 0.25) is 0 Å². The van der Waals surface area contributed by atoms with Crippen LogP contribution >= 0.6 is 0 Å². The van der Waals surface area contributed by atoms with Crippen LogP contribution in [0.15, 0.2) is 0 Å². The van der Waals surface area contributed by atoms with Gasteiger partial charge in [-0.1, -0.05) is 20.8 Å². The van der Waals surface area contributed by atoms with Crippen molar-refractivity contribution in [3.05, 3.63) is 0 Å². The molecule has 0 amide bonds. The Morgan fingerprint density at radius 2 is 1.57 bits per heavy atom. The number of ether oxygens (including phenoxy) is 1. The molecule has 5 unspecified atom stereocenters. The number of fused-ring (bicyclic) bond motifs is 5. The second-order valence-electron chi connectivity index (χ2n) is 15.2. The van der Waals surface area contributed by atoms with Gasteiger partial charge in [0.1, 0.15) is 0 Å². The van der Waals surface area contributed by atoms with Gasteiger partial charge in [-0.05, 0) is 169 Å². The van der Waals surface area contributed by atoms with Crippen LogP contribution in [0.5, 0.6) is 0 Å². The quantitative estimate of drug-likeness (QED) is 0.122. The highest BCUT2D eigenvalue weighted by atomic mass is 16.5. The maximum absolute atomic E-state index is 11.8. The van der Waals surface area contributed by atoms with Gasteiger partial charge in [-0.25, -0.2) is 0 Å². The number of hydrogen-bond acceptors (Lipinski definition) is 7. The Bertz CT molecular complexity index is 828. The zero-order valence-electron chi connectivity index (χ0n) is 27.6. The molecule has 0 bridgehead atoms. The molecule has 0 radical (unpaired) electrons. The predicted molar refractivity (Wildman–Crippen MR) is 172 cm³/mol. The van der Waals surface area contributed by atoms with Gasteiger partial charge < -0.3 is 31.5 Å². The lowest BCUT2D eigenvalue weighted by Crippen LogP contribution is -2.59. The summed E-state index contributed by atoms with van der Waals surface area (Å²) in [4.78, 5) is 11.8. The number of carbonyl (C=O) groups excluding carboxylic acids is 1. The normalized spacial score (nSPS) is 38.4. The highest BCUT2D eigenvalue weighted by Gasteiger charge is 2.62. The smallest absolute Gasteiger partial charge is 0.305 e. The highest BCUT2D eigenvalue weighted by molar-refractivity contribution is 5.69. The molecule has 4 aliphatic carbocycles. The van der Waals surface area contributed by atoms with Crippen LogP contribution in [0.25, 0.3) is 0 Å². The molecule has 0 aromatic carbocycles. The fourth-order valence-corrected chi connectivity index (χ4v) is 10.5. The zero-order chi connectivity index (χ0) is 30.2. The second-order valence-corrected chi connectivity index (χ2v) is 15.2.